The van der Waals surface area contributed by atoms with Crippen LogP contribution in [0.15, 0.2) is 6.33 Å². The quantitative estimate of drug-likeness (QED) is 0.728. The average molecular weight is 198 g/mol. The Labute approximate surface area is 82.3 Å². The third-order valence-corrected chi connectivity index (χ3v) is 2.85. The summed E-state index contributed by atoms with van der Waals surface area (Å²) in [5.41, 5.74) is 4.40. The maximum absolute atomic E-state index is 14.4. The third-order valence-electron chi connectivity index (χ3n) is 2.85. The first kappa shape index (κ1) is 9.58. The predicted molar refractivity (Wildman–Crippen MR) is 50.2 cm³/mol. The van der Waals surface area contributed by atoms with E-state index in [1.165, 1.54) is 11.0 Å². The molecular formula is C9H15FN4. The maximum Gasteiger partial charge on any atom is 0.171 e. The fraction of sp³-hybridized carbons (Fsp3) is 0.778. The fourth-order valence-corrected chi connectivity index (χ4v) is 2.17. The molecule has 1 heterocycles. The number of aromatic nitrogens is 3. The second-order valence-corrected chi connectivity index (χ2v) is 4.03. The highest BCUT2D eigenvalue weighted by Crippen LogP contribution is 2.38. The molecule has 0 aliphatic heterocycles. The van der Waals surface area contributed by atoms with Crippen LogP contribution in [0.4, 0.5) is 4.39 Å². The summed E-state index contributed by atoms with van der Waals surface area (Å²) < 4.78 is 15.9. The Balaban J connectivity index is 2.27. The zero-order valence-corrected chi connectivity index (χ0v) is 8.28. The van der Waals surface area contributed by atoms with E-state index in [9.17, 15) is 4.39 Å². The molecule has 0 radical (unpaired) electrons. The van der Waals surface area contributed by atoms with Gasteiger partial charge in [0.15, 0.2) is 11.5 Å². The van der Waals surface area contributed by atoms with Gasteiger partial charge in [-0.1, -0.05) is 0 Å². The minimum atomic E-state index is -1.37. The van der Waals surface area contributed by atoms with Crippen LogP contribution in [0.2, 0.25) is 0 Å². The molecule has 2 N–H and O–H groups in total. The van der Waals surface area contributed by atoms with E-state index in [1.54, 1.807) is 7.05 Å². The van der Waals surface area contributed by atoms with Gasteiger partial charge < -0.3 is 5.73 Å². The van der Waals surface area contributed by atoms with Gasteiger partial charge in [-0.3, -0.25) is 4.68 Å². The normalized spacial score (nSPS) is 33.2. The molecule has 0 amide bonds. The van der Waals surface area contributed by atoms with E-state index < -0.39 is 5.67 Å². The summed E-state index contributed by atoms with van der Waals surface area (Å²) in [7, 11) is 1.71. The van der Waals surface area contributed by atoms with Crippen LogP contribution in [0.5, 0.6) is 0 Å². The molecule has 1 saturated carbocycles. The van der Waals surface area contributed by atoms with Gasteiger partial charge >= 0.3 is 0 Å². The Morgan fingerprint density at radius 2 is 2.50 bits per heavy atom. The van der Waals surface area contributed by atoms with Crippen molar-refractivity contribution in [2.24, 2.45) is 12.8 Å². The van der Waals surface area contributed by atoms with Crippen LogP contribution >= 0.6 is 0 Å². The van der Waals surface area contributed by atoms with Gasteiger partial charge in [0.1, 0.15) is 6.33 Å². The first-order valence-corrected chi connectivity index (χ1v) is 4.91. The van der Waals surface area contributed by atoms with Crippen LogP contribution in [0.3, 0.4) is 0 Å². The summed E-state index contributed by atoms with van der Waals surface area (Å²) in [4.78, 5) is 3.97. The van der Waals surface area contributed by atoms with Crippen LogP contribution in [0.25, 0.3) is 0 Å². The molecule has 1 aromatic heterocycles. The Morgan fingerprint density at radius 3 is 3.07 bits per heavy atom. The van der Waals surface area contributed by atoms with Gasteiger partial charge in [-0.2, -0.15) is 5.10 Å². The zero-order chi connectivity index (χ0) is 10.2. The van der Waals surface area contributed by atoms with Gasteiger partial charge in [-0.25, -0.2) is 9.37 Å². The number of hydrogen-bond donors (Lipinski definition) is 1. The maximum atomic E-state index is 14.4. The highest BCUT2D eigenvalue weighted by Gasteiger charge is 2.40. The van der Waals surface area contributed by atoms with Crippen molar-refractivity contribution >= 4 is 0 Å². The van der Waals surface area contributed by atoms with Crippen LogP contribution in [-0.2, 0) is 12.7 Å². The van der Waals surface area contributed by atoms with Crippen molar-refractivity contribution in [3.05, 3.63) is 12.2 Å². The highest BCUT2D eigenvalue weighted by atomic mass is 19.1. The summed E-state index contributed by atoms with van der Waals surface area (Å²) in [5, 5.41) is 3.89. The lowest BCUT2D eigenvalue weighted by molar-refractivity contribution is 0.0803. The Bertz CT molecular complexity index is 324. The van der Waals surface area contributed by atoms with E-state index in [0.717, 1.165) is 12.8 Å². The molecule has 2 rings (SSSR count). The van der Waals surface area contributed by atoms with Crippen molar-refractivity contribution in [1.29, 1.82) is 0 Å². The molecule has 2 atom stereocenters. The number of aryl methyl sites for hydroxylation is 1. The van der Waals surface area contributed by atoms with Gasteiger partial charge in [-0.05, 0) is 19.3 Å². The number of nitrogens with two attached hydrogens (primary N) is 1. The molecule has 4 nitrogen and oxygen atoms in total. The summed E-state index contributed by atoms with van der Waals surface area (Å²) in [6, 6.07) is -0.0505. The smallest absolute Gasteiger partial charge is 0.171 e. The second kappa shape index (κ2) is 3.31. The van der Waals surface area contributed by atoms with E-state index in [4.69, 9.17) is 5.73 Å². The first-order valence-electron chi connectivity index (χ1n) is 4.91. The van der Waals surface area contributed by atoms with Crippen LogP contribution in [0, 0.1) is 0 Å². The van der Waals surface area contributed by atoms with Gasteiger partial charge in [0, 0.05) is 19.5 Å². The topological polar surface area (TPSA) is 56.7 Å². The predicted octanol–water partition coefficient (Wildman–Crippen LogP) is 0.881. The van der Waals surface area contributed by atoms with E-state index >= 15 is 0 Å². The van der Waals surface area contributed by atoms with Crippen molar-refractivity contribution in [1.82, 2.24) is 14.8 Å². The molecule has 78 valence electrons. The lowest BCUT2D eigenvalue weighted by atomic mass is 9.83. The zero-order valence-electron chi connectivity index (χ0n) is 8.28. The van der Waals surface area contributed by atoms with Crippen molar-refractivity contribution in [2.45, 2.75) is 37.4 Å². The number of halogens is 1. The number of nitrogens with zero attached hydrogens (tertiary/aromatic N) is 3. The lowest BCUT2D eigenvalue weighted by Gasteiger charge is -2.31. The molecule has 1 fully saturated rings. The first-order chi connectivity index (χ1) is 6.62. The summed E-state index contributed by atoms with van der Waals surface area (Å²) >= 11 is 0. The molecule has 1 aliphatic rings. The second-order valence-electron chi connectivity index (χ2n) is 4.03. The van der Waals surface area contributed by atoms with Crippen molar-refractivity contribution in [3.8, 4) is 0 Å². The van der Waals surface area contributed by atoms with E-state index in [2.05, 4.69) is 10.1 Å². The lowest BCUT2D eigenvalue weighted by Crippen LogP contribution is -2.37. The van der Waals surface area contributed by atoms with Gasteiger partial charge in [0.25, 0.3) is 0 Å². The minimum Gasteiger partial charge on any atom is -0.328 e. The molecule has 0 aromatic carbocycles. The molecule has 0 spiro atoms. The molecule has 0 saturated heterocycles. The van der Waals surface area contributed by atoms with E-state index in [1.807, 2.05) is 0 Å². The largest absolute Gasteiger partial charge is 0.328 e. The Morgan fingerprint density at radius 1 is 1.71 bits per heavy atom. The molecule has 5 heteroatoms. The Hall–Kier alpha value is -0.970. The summed E-state index contributed by atoms with van der Waals surface area (Å²) in [5.74, 6) is 0.410. The minimum absolute atomic E-state index is 0.0505. The summed E-state index contributed by atoms with van der Waals surface area (Å²) in [6.45, 7) is 0. The van der Waals surface area contributed by atoms with E-state index in [0.29, 0.717) is 18.7 Å². The van der Waals surface area contributed by atoms with Crippen LogP contribution in [0.1, 0.15) is 31.5 Å². The number of rotatable bonds is 1. The highest BCUT2D eigenvalue weighted by molar-refractivity contribution is 5.04. The SMILES string of the molecule is Cn1ncnc1C1(F)CCCC(N)C1. The standard InChI is InChI=1S/C9H15FN4/c1-14-8(12-6-13-14)9(10)4-2-3-7(11)5-9/h6-7H,2-5,11H2,1H3. The average Bonchev–Trinajstić information content (AvgIpc) is 2.51. The molecule has 1 aromatic rings. The van der Waals surface area contributed by atoms with Crippen molar-refractivity contribution in [3.63, 3.8) is 0 Å². The van der Waals surface area contributed by atoms with Gasteiger partial charge in [-0.15, -0.1) is 0 Å². The number of hydrogen-bond acceptors (Lipinski definition) is 3. The monoisotopic (exact) mass is 198 g/mol. The van der Waals surface area contributed by atoms with E-state index in [-0.39, 0.29) is 6.04 Å². The van der Waals surface area contributed by atoms with Crippen molar-refractivity contribution in [2.75, 3.05) is 0 Å². The van der Waals surface area contributed by atoms with Crippen LogP contribution in [-0.4, -0.2) is 20.8 Å². The van der Waals surface area contributed by atoms with Crippen LogP contribution < -0.4 is 5.73 Å². The van der Waals surface area contributed by atoms with Crippen molar-refractivity contribution < 1.29 is 4.39 Å². The molecule has 2 unspecified atom stereocenters. The summed E-state index contributed by atoms with van der Waals surface area (Å²) in [6.07, 6.45) is 3.98. The third kappa shape index (κ3) is 1.52. The van der Waals surface area contributed by atoms with Gasteiger partial charge in [0.05, 0.1) is 0 Å². The molecular weight excluding hydrogens is 183 g/mol. The molecule has 0 bridgehead atoms. The fourth-order valence-electron chi connectivity index (χ4n) is 2.17. The number of alkyl halides is 1. The van der Waals surface area contributed by atoms with Gasteiger partial charge in [0.2, 0.25) is 0 Å². The Kier molecular flexibility index (Phi) is 2.26. The molecule has 14 heavy (non-hydrogen) atoms. The molecule has 1 aliphatic carbocycles.